The summed E-state index contributed by atoms with van der Waals surface area (Å²) in [7, 11) is 1.69. The molecule has 0 unspecified atom stereocenters. The van der Waals surface area contributed by atoms with Crippen molar-refractivity contribution >= 4 is 5.78 Å². The summed E-state index contributed by atoms with van der Waals surface area (Å²) in [5.74, 6) is 0.828. The summed E-state index contributed by atoms with van der Waals surface area (Å²) in [6.07, 6.45) is 2.34. The van der Waals surface area contributed by atoms with Gasteiger partial charge in [-0.2, -0.15) is 0 Å². The monoisotopic (exact) mass is 156 g/mol. The lowest BCUT2D eigenvalue weighted by molar-refractivity contribution is -0.131. The van der Waals surface area contributed by atoms with Gasteiger partial charge in [0, 0.05) is 20.0 Å². The average Bonchev–Trinajstić information content (AvgIpc) is 1.84. The maximum Gasteiger partial charge on any atom is 0.136 e. The Bertz CT molecular complexity index is 165. The van der Waals surface area contributed by atoms with Gasteiger partial charge < -0.3 is 4.74 Å². The van der Waals surface area contributed by atoms with E-state index in [0.717, 1.165) is 12.8 Å². The van der Waals surface area contributed by atoms with Gasteiger partial charge in [-0.15, -0.1) is 0 Å². The molecule has 1 fully saturated rings. The smallest absolute Gasteiger partial charge is 0.136 e. The maximum absolute atomic E-state index is 11.2. The fraction of sp³-hybridized carbons (Fsp3) is 0.889. The molecule has 0 saturated heterocycles. The number of ketones is 1. The first-order valence-corrected chi connectivity index (χ1v) is 4.12. The minimum Gasteiger partial charge on any atom is -0.378 e. The Hall–Kier alpha value is -0.370. The van der Waals surface area contributed by atoms with Crippen LogP contribution >= 0.6 is 0 Å². The molecule has 0 heterocycles. The van der Waals surface area contributed by atoms with Gasteiger partial charge in [-0.3, -0.25) is 4.79 Å². The topological polar surface area (TPSA) is 26.3 Å². The maximum atomic E-state index is 11.2. The summed E-state index contributed by atoms with van der Waals surface area (Å²) in [6.45, 7) is 4.12. The van der Waals surface area contributed by atoms with Crippen LogP contribution in [0, 0.1) is 5.92 Å². The number of methoxy groups -OCH3 is 1. The van der Waals surface area contributed by atoms with Gasteiger partial charge in [-0.25, -0.2) is 0 Å². The summed E-state index contributed by atoms with van der Waals surface area (Å²) in [6, 6.07) is 0. The normalized spacial score (nSPS) is 39.2. The van der Waals surface area contributed by atoms with Gasteiger partial charge in [0.2, 0.25) is 0 Å². The molecule has 64 valence electrons. The first-order chi connectivity index (χ1) is 5.06. The molecule has 0 amide bonds. The number of Topliss-reactive ketones (excluding diaryl/α,β-unsaturated/α-hetero) is 1. The van der Waals surface area contributed by atoms with Crippen LogP contribution in [0.2, 0.25) is 0 Å². The molecule has 1 aliphatic carbocycles. The van der Waals surface area contributed by atoms with Gasteiger partial charge in [0.05, 0.1) is 5.60 Å². The number of rotatable bonds is 1. The fourth-order valence-electron chi connectivity index (χ4n) is 1.91. The molecule has 1 aliphatic rings. The van der Waals surface area contributed by atoms with Crippen LogP contribution in [-0.4, -0.2) is 18.5 Å². The van der Waals surface area contributed by atoms with Crippen LogP contribution in [-0.2, 0) is 9.53 Å². The predicted molar refractivity (Wildman–Crippen MR) is 43.4 cm³/mol. The summed E-state index contributed by atoms with van der Waals surface area (Å²) < 4.78 is 5.30. The van der Waals surface area contributed by atoms with Crippen molar-refractivity contribution in [2.45, 2.75) is 38.7 Å². The SMILES string of the molecule is CO[C@]1(C)CC(=O)C[C@@H](C)C1. The van der Waals surface area contributed by atoms with Crippen LogP contribution in [0.3, 0.4) is 0 Å². The predicted octanol–water partition coefficient (Wildman–Crippen LogP) is 1.78. The molecule has 0 aromatic rings. The molecule has 0 aromatic carbocycles. The van der Waals surface area contributed by atoms with E-state index in [-0.39, 0.29) is 5.60 Å². The van der Waals surface area contributed by atoms with E-state index in [2.05, 4.69) is 6.92 Å². The highest BCUT2D eigenvalue weighted by Crippen LogP contribution is 2.31. The van der Waals surface area contributed by atoms with Crippen LogP contribution in [0.15, 0.2) is 0 Å². The molecule has 0 aromatic heterocycles. The number of ether oxygens (including phenoxy) is 1. The Balaban J connectivity index is 2.62. The first kappa shape index (κ1) is 8.72. The highest BCUT2D eigenvalue weighted by atomic mass is 16.5. The van der Waals surface area contributed by atoms with Crippen LogP contribution in [0.5, 0.6) is 0 Å². The lowest BCUT2D eigenvalue weighted by Gasteiger charge is -2.34. The summed E-state index contributed by atoms with van der Waals surface area (Å²) in [5, 5.41) is 0. The third kappa shape index (κ3) is 2.03. The number of hydrogen-bond donors (Lipinski definition) is 0. The molecular formula is C9H16O2. The zero-order valence-corrected chi connectivity index (χ0v) is 7.52. The lowest BCUT2D eigenvalue weighted by Crippen LogP contribution is -2.37. The first-order valence-electron chi connectivity index (χ1n) is 4.12. The number of carbonyl (C=O) groups excluding carboxylic acids is 1. The van der Waals surface area contributed by atoms with E-state index >= 15 is 0 Å². The zero-order valence-electron chi connectivity index (χ0n) is 7.52. The van der Waals surface area contributed by atoms with Crippen LogP contribution in [0.25, 0.3) is 0 Å². The Morgan fingerprint density at radius 1 is 1.64 bits per heavy atom. The van der Waals surface area contributed by atoms with E-state index < -0.39 is 0 Å². The van der Waals surface area contributed by atoms with Gasteiger partial charge in [-0.05, 0) is 19.3 Å². The minimum atomic E-state index is -0.186. The molecule has 11 heavy (non-hydrogen) atoms. The molecule has 2 heteroatoms. The van der Waals surface area contributed by atoms with Gasteiger partial charge in [0.25, 0.3) is 0 Å². The molecule has 1 saturated carbocycles. The fourth-order valence-corrected chi connectivity index (χ4v) is 1.91. The van der Waals surface area contributed by atoms with Crippen LogP contribution in [0.1, 0.15) is 33.1 Å². The van der Waals surface area contributed by atoms with Crippen LogP contribution in [0.4, 0.5) is 0 Å². The van der Waals surface area contributed by atoms with E-state index in [1.165, 1.54) is 0 Å². The Labute approximate surface area is 67.9 Å². The Morgan fingerprint density at radius 3 is 2.73 bits per heavy atom. The van der Waals surface area contributed by atoms with E-state index in [1.54, 1.807) is 7.11 Å². The minimum absolute atomic E-state index is 0.186. The van der Waals surface area contributed by atoms with Crippen molar-refractivity contribution in [2.75, 3.05) is 7.11 Å². The summed E-state index contributed by atoms with van der Waals surface area (Å²) >= 11 is 0. The largest absolute Gasteiger partial charge is 0.378 e. The van der Waals surface area contributed by atoms with E-state index in [4.69, 9.17) is 4.74 Å². The van der Waals surface area contributed by atoms with Crippen molar-refractivity contribution in [1.29, 1.82) is 0 Å². The number of carbonyl (C=O) groups is 1. The van der Waals surface area contributed by atoms with E-state index in [1.807, 2.05) is 6.92 Å². The second kappa shape index (κ2) is 2.94. The van der Waals surface area contributed by atoms with Gasteiger partial charge in [-0.1, -0.05) is 6.92 Å². The lowest BCUT2D eigenvalue weighted by atomic mass is 9.79. The zero-order chi connectivity index (χ0) is 8.48. The molecule has 2 nitrogen and oxygen atoms in total. The third-order valence-electron chi connectivity index (χ3n) is 2.42. The van der Waals surface area contributed by atoms with Crippen molar-refractivity contribution < 1.29 is 9.53 Å². The van der Waals surface area contributed by atoms with Crippen molar-refractivity contribution in [3.63, 3.8) is 0 Å². The quantitative estimate of drug-likeness (QED) is 0.578. The van der Waals surface area contributed by atoms with Gasteiger partial charge in [0.15, 0.2) is 0 Å². The molecule has 0 radical (unpaired) electrons. The van der Waals surface area contributed by atoms with Crippen molar-refractivity contribution in [3.05, 3.63) is 0 Å². The van der Waals surface area contributed by atoms with E-state index in [0.29, 0.717) is 18.1 Å². The second-order valence-corrected chi connectivity index (χ2v) is 3.88. The highest BCUT2D eigenvalue weighted by Gasteiger charge is 2.34. The standard InChI is InChI=1S/C9H16O2/c1-7-4-8(10)6-9(2,5-7)11-3/h7H,4-6H2,1-3H3/t7-,9+/m1/s1. The highest BCUT2D eigenvalue weighted by molar-refractivity contribution is 5.80. The van der Waals surface area contributed by atoms with Crippen molar-refractivity contribution in [3.8, 4) is 0 Å². The third-order valence-corrected chi connectivity index (χ3v) is 2.42. The Morgan fingerprint density at radius 2 is 2.27 bits per heavy atom. The summed E-state index contributed by atoms with van der Waals surface area (Å²) in [5.41, 5.74) is -0.186. The van der Waals surface area contributed by atoms with Gasteiger partial charge in [0.1, 0.15) is 5.78 Å². The molecule has 0 aliphatic heterocycles. The summed E-state index contributed by atoms with van der Waals surface area (Å²) in [4.78, 5) is 11.2. The second-order valence-electron chi connectivity index (χ2n) is 3.88. The van der Waals surface area contributed by atoms with Crippen molar-refractivity contribution in [1.82, 2.24) is 0 Å². The molecular weight excluding hydrogens is 140 g/mol. The molecule has 2 atom stereocenters. The number of hydrogen-bond acceptors (Lipinski definition) is 2. The molecule has 1 rings (SSSR count). The van der Waals surface area contributed by atoms with Crippen LogP contribution < -0.4 is 0 Å². The molecule has 0 N–H and O–H groups in total. The van der Waals surface area contributed by atoms with Crippen molar-refractivity contribution in [2.24, 2.45) is 5.92 Å². The van der Waals surface area contributed by atoms with E-state index in [9.17, 15) is 4.79 Å². The molecule has 0 spiro atoms. The van der Waals surface area contributed by atoms with Gasteiger partial charge >= 0.3 is 0 Å². The molecule has 0 bridgehead atoms. The Kier molecular flexibility index (Phi) is 2.33. The average molecular weight is 156 g/mol.